The highest BCUT2D eigenvalue weighted by molar-refractivity contribution is 5.94. The topological polar surface area (TPSA) is 41.6 Å². The van der Waals surface area contributed by atoms with Crippen LogP contribution in [0.4, 0.5) is 0 Å². The van der Waals surface area contributed by atoms with E-state index in [-0.39, 0.29) is 11.3 Å². The fraction of sp³-hybridized carbons (Fsp3) is 0.588. The maximum absolute atomic E-state index is 11.6. The highest BCUT2D eigenvalue weighted by Crippen LogP contribution is 2.26. The molecule has 0 bridgehead atoms. The zero-order valence-electron chi connectivity index (χ0n) is 13.5. The van der Waals surface area contributed by atoms with Crippen LogP contribution in [-0.2, 0) is 6.54 Å². The van der Waals surface area contributed by atoms with Crippen molar-refractivity contribution in [3.8, 4) is 5.75 Å². The second-order valence-corrected chi connectivity index (χ2v) is 6.17. The first kappa shape index (κ1) is 16.0. The standard InChI is InChI=1S/C17H26N2O2/c1-13(20)14-5-6-16(21-4)15(11-14)12-19-9-7-17(2,18-3)8-10-19/h5-6,11,18H,7-10,12H2,1-4H3. The van der Waals surface area contributed by atoms with Crippen molar-refractivity contribution >= 4 is 5.78 Å². The number of nitrogens with zero attached hydrogens (tertiary/aromatic N) is 1. The molecule has 1 aliphatic rings. The lowest BCUT2D eigenvalue weighted by molar-refractivity contribution is 0.101. The van der Waals surface area contributed by atoms with Gasteiger partial charge in [-0.05, 0) is 51.9 Å². The van der Waals surface area contributed by atoms with Crippen molar-refractivity contribution in [2.24, 2.45) is 0 Å². The number of hydrogen-bond acceptors (Lipinski definition) is 4. The molecule has 4 nitrogen and oxygen atoms in total. The number of hydrogen-bond donors (Lipinski definition) is 1. The summed E-state index contributed by atoms with van der Waals surface area (Å²) < 4.78 is 5.43. The Bertz CT molecular complexity index is 506. The zero-order valence-corrected chi connectivity index (χ0v) is 13.5. The van der Waals surface area contributed by atoms with Gasteiger partial charge in [0.25, 0.3) is 0 Å². The second kappa shape index (κ2) is 6.58. The highest BCUT2D eigenvalue weighted by Gasteiger charge is 2.28. The van der Waals surface area contributed by atoms with E-state index in [0.29, 0.717) is 0 Å². The Kier molecular flexibility index (Phi) is 5.01. The molecule has 1 aromatic carbocycles. The molecule has 0 aromatic heterocycles. The van der Waals surface area contributed by atoms with Crippen molar-refractivity contribution in [1.82, 2.24) is 10.2 Å². The van der Waals surface area contributed by atoms with Crippen LogP contribution < -0.4 is 10.1 Å². The third kappa shape index (κ3) is 3.83. The summed E-state index contributed by atoms with van der Waals surface area (Å²) in [5.74, 6) is 0.960. The van der Waals surface area contributed by atoms with Gasteiger partial charge < -0.3 is 10.1 Å². The fourth-order valence-corrected chi connectivity index (χ4v) is 2.82. The minimum Gasteiger partial charge on any atom is -0.496 e. The molecule has 1 fully saturated rings. The van der Waals surface area contributed by atoms with Crippen LogP contribution in [0.1, 0.15) is 42.6 Å². The van der Waals surface area contributed by atoms with Crippen molar-refractivity contribution in [2.45, 2.75) is 38.8 Å². The van der Waals surface area contributed by atoms with Gasteiger partial charge in [-0.15, -0.1) is 0 Å². The summed E-state index contributed by atoms with van der Waals surface area (Å²) >= 11 is 0. The second-order valence-electron chi connectivity index (χ2n) is 6.17. The summed E-state index contributed by atoms with van der Waals surface area (Å²) in [5, 5.41) is 3.42. The van der Waals surface area contributed by atoms with E-state index in [9.17, 15) is 4.79 Å². The minimum absolute atomic E-state index is 0.0975. The number of likely N-dealkylation sites (tertiary alicyclic amines) is 1. The Balaban J connectivity index is 2.09. The molecular formula is C17H26N2O2. The number of rotatable bonds is 5. The number of benzene rings is 1. The van der Waals surface area contributed by atoms with Gasteiger partial charge in [0.1, 0.15) is 5.75 Å². The van der Waals surface area contributed by atoms with Gasteiger partial charge in [0, 0.05) is 36.3 Å². The molecule has 2 rings (SSSR count). The van der Waals surface area contributed by atoms with E-state index in [1.165, 1.54) is 0 Å². The van der Waals surface area contributed by atoms with E-state index in [1.54, 1.807) is 14.0 Å². The van der Waals surface area contributed by atoms with Crippen LogP contribution in [0.25, 0.3) is 0 Å². The van der Waals surface area contributed by atoms with Crippen molar-refractivity contribution in [3.05, 3.63) is 29.3 Å². The van der Waals surface area contributed by atoms with Crippen molar-refractivity contribution in [1.29, 1.82) is 0 Å². The molecular weight excluding hydrogens is 264 g/mol. The number of ketones is 1. The van der Waals surface area contributed by atoms with Crippen LogP contribution in [0.2, 0.25) is 0 Å². The molecule has 4 heteroatoms. The van der Waals surface area contributed by atoms with Crippen molar-refractivity contribution < 1.29 is 9.53 Å². The summed E-state index contributed by atoms with van der Waals surface area (Å²) in [6.07, 6.45) is 2.27. The summed E-state index contributed by atoms with van der Waals surface area (Å²) in [4.78, 5) is 14.0. The van der Waals surface area contributed by atoms with Crippen molar-refractivity contribution in [2.75, 3.05) is 27.2 Å². The lowest BCUT2D eigenvalue weighted by atomic mass is 9.89. The van der Waals surface area contributed by atoms with Gasteiger partial charge in [-0.2, -0.15) is 0 Å². The van der Waals surface area contributed by atoms with Crippen molar-refractivity contribution in [3.63, 3.8) is 0 Å². The average Bonchev–Trinajstić information content (AvgIpc) is 2.49. The molecule has 1 heterocycles. The summed E-state index contributed by atoms with van der Waals surface area (Å²) in [6.45, 7) is 6.84. The van der Waals surface area contributed by atoms with Gasteiger partial charge in [0.15, 0.2) is 5.78 Å². The number of carbonyl (C=O) groups excluding carboxylic acids is 1. The molecule has 1 aromatic rings. The van der Waals surface area contributed by atoms with E-state index in [4.69, 9.17) is 4.74 Å². The molecule has 0 unspecified atom stereocenters. The predicted molar refractivity (Wildman–Crippen MR) is 85.0 cm³/mol. The summed E-state index contributed by atoms with van der Waals surface area (Å²) in [7, 11) is 3.72. The van der Waals surface area contributed by atoms with Gasteiger partial charge in [-0.3, -0.25) is 9.69 Å². The minimum atomic E-state index is 0.0975. The van der Waals surface area contributed by atoms with Gasteiger partial charge in [0.05, 0.1) is 7.11 Å². The number of methoxy groups -OCH3 is 1. The van der Waals surface area contributed by atoms with E-state index in [1.807, 2.05) is 25.2 Å². The number of carbonyl (C=O) groups is 1. The maximum Gasteiger partial charge on any atom is 0.159 e. The van der Waals surface area contributed by atoms with Gasteiger partial charge in [-0.25, -0.2) is 0 Å². The Morgan fingerprint density at radius 2 is 2.05 bits per heavy atom. The Labute approximate surface area is 127 Å². The van der Waals surface area contributed by atoms with E-state index in [0.717, 1.165) is 49.4 Å². The first-order valence-electron chi connectivity index (χ1n) is 7.56. The lowest BCUT2D eigenvalue weighted by Crippen LogP contribution is -2.49. The molecule has 0 spiro atoms. The average molecular weight is 290 g/mol. The molecule has 1 saturated heterocycles. The van der Waals surface area contributed by atoms with Crippen LogP contribution in [0.3, 0.4) is 0 Å². The van der Waals surface area contributed by atoms with Crippen LogP contribution in [0, 0.1) is 0 Å². The third-order valence-corrected chi connectivity index (χ3v) is 4.64. The monoisotopic (exact) mass is 290 g/mol. The largest absolute Gasteiger partial charge is 0.496 e. The smallest absolute Gasteiger partial charge is 0.159 e. The number of Topliss-reactive ketones (excluding diaryl/α,β-unsaturated/α-hetero) is 1. The van der Waals surface area contributed by atoms with Crippen LogP contribution in [0.15, 0.2) is 18.2 Å². The molecule has 1 aliphatic heterocycles. The van der Waals surface area contributed by atoms with E-state index in [2.05, 4.69) is 17.1 Å². The van der Waals surface area contributed by atoms with Gasteiger partial charge >= 0.3 is 0 Å². The molecule has 0 saturated carbocycles. The first-order valence-corrected chi connectivity index (χ1v) is 7.56. The van der Waals surface area contributed by atoms with E-state index >= 15 is 0 Å². The Morgan fingerprint density at radius 1 is 1.38 bits per heavy atom. The first-order chi connectivity index (χ1) is 9.97. The Hall–Kier alpha value is -1.39. The fourth-order valence-electron chi connectivity index (χ4n) is 2.82. The van der Waals surface area contributed by atoms with Gasteiger partial charge in [0.2, 0.25) is 0 Å². The van der Waals surface area contributed by atoms with Gasteiger partial charge in [-0.1, -0.05) is 0 Å². The van der Waals surface area contributed by atoms with E-state index < -0.39 is 0 Å². The molecule has 21 heavy (non-hydrogen) atoms. The number of ether oxygens (including phenoxy) is 1. The molecule has 0 amide bonds. The SMILES string of the molecule is CNC1(C)CCN(Cc2cc(C(C)=O)ccc2OC)CC1. The highest BCUT2D eigenvalue weighted by atomic mass is 16.5. The van der Waals surface area contributed by atoms with Crippen LogP contribution >= 0.6 is 0 Å². The lowest BCUT2D eigenvalue weighted by Gasteiger charge is -2.39. The normalized spacial score (nSPS) is 18.5. The quantitative estimate of drug-likeness (QED) is 0.846. The molecule has 1 N–H and O–H groups in total. The Morgan fingerprint density at radius 3 is 2.57 bits per heavy atom. The third-order valence-electron chi connectivity index (χ3n) is 4.64. The maximum atomic E-state index is 11.6. The summed E-state index contributed by atoms with van der Waals surface area (Å²) in [5.41, 5.74) is 2.10. The van der Waals surface area contributed by atoms with Crippen LogP contribution in [0.5, 0.6) is 5.75 Å². The number of piperidine rings is 1. The summed E-state index contributed by atoms with van der Waals surface area (Å²) in [6, 6.07) is 5.69. The molecule has 0 aliphatic carbocycles. The number of nitrogens with one attached hydrogen (secondary N) is 1. The predicted octanol–water partition coefficient (Wildman–Crippen LogP) is 2.47. The molecule has 0 radical (unpaired) electrons. The van der Waals surface area contributed by atoms with Crippen LogP contribution in [-0.4, -0.2) is 43.5 Å². The molecule has 116 valence electrons. The zero-order chi connectivity index (χ0) is 15.5. The molecule has 0 atom stereocenters.